The summed E-state index contributed by atoms with van der Waals surface area (Å²) in [4.78, 5) is 26.5. The lowest BCUT2D eigenvalue weighted by Crippen LogP contribution is -2.47. The van der Waals surface area contributed by atoms with Crippen molar-refractivity contribution in [2.24, 2.45) is 5.10 Å². The Kier molecular flexibility index (Phi) is 4.78. The summed E-state index contributed by atoms with van der Waals surface area (Å²) in [7, 11) is 3.22. The second kappa shape index (κ2) is 6.59. The van der Waals surface area contributed by atoms with Crippen LogP contribution in [0.5, 0.6) is 0 Å². The molecule has 0 bridgehead atoms. The fourth-order valence-electron chi connectivity index (χ4n) is 2.49. The highest BCUT2D eigenvalue weighted by Gasteiger charge is 2.55. The number of methoxy groups -OCH3 is 1. The van der Waals surface area contributed by atoms with E-state index >= 15 is 0 Å². The molecule has 0 saturated heterocycles. The minimum Gasteiger partial charge on any atom is -0.465 e. The van der Waals surface area contributed by atoms with E-state index < -0.39 is 10.3 Å². The molecular weight excluding hydrogens is 382 g/mol. The summed E-state index contributed by atoms with van der Waals surface area (Å²) < 4.78 is 4.09. The standard InChI is InChI=1S/C16H16ClN3O3S2/c1-9-13(15(22)23-4)24-16(19(9)3)20(18-14(25-16)10(2)21)12-7-5-11(17)6-8-12/h5-8H,1-4H3/t16-/m0/s1. The van der Waals surface area contributed by atoms with Gasteiger partial charge in [-0.15, -0.1) is 0 Å². The first-order valence-corrected chi connectivity index (χ1v) is 9.37. The first-order chi connectivity index (χ1) is 11.8. The maximum atomic E-state index is 12.1. The van der Waals surface area contributed by atoms with E-state index in [2.05, 4.69) is 5.10 Å². The Morgan fingerprint density at radius 2 is 1.88 bits per heavy atom. The van der Waals surface area contributed by atoms with Crippen LogP contribution < -0.4 is 5.01 Å². The second-order valence-electron chi connectivity index (χ2n) is 5.47. The van der Waals surface area contributed by atoms with Crippen molar-refractivity contribution in [2.75, 3.05) is 19.2 Å². The van der Waals surface area contributed by atoms with E-state index in [1.807, 2.05) is 31.0 Å². The van der Waals surface area contributed by atoms with Gasteiger partial charge in [-0.2, -0.15) is 5.10 Å². The number of halogens is 1. The zero-order valence-electron chi connectivity index (χ0n) is 14.1. The highest BCUT2D eigenvalue weighted by atomic mass is 35.5. The van der Waals surface area contributed by atoms with Crippen LogP contribution in [-0.4, -0.2) is 40.2 Å². The number of allylic oxidation sites excluding steroid dienone is 1. The predicted octanol–water partition coefficient (Wildman–Crippen LogP) is 3.49. The summed E-state index contributed by atoms with van der Waals surface area (Å²) >= 11 is 8.62. The van der Waals surface area contributed by atoms with Crippen molar-refractivity contribution >= 4 is 57.6 Å². The average molecular weight is 398 g/mol. The van der Waals surface area contributed by atoms with Gasteiger partial charge in [-0.3, -0.25) is 4.79 Å². The van der Waals surface area contributed by atoms with Gasteiger partial charge in [0, 0.05) is 24.7 Å². The number of nitrogens with zero attached hydrogens (tertiary/aromatic N) is 3. The van der Waals surface area contributed by atoms with Crippen LogP contribution in [0.4, 0.5) is 5.69 Å². The van der Waals surface area contributed by atoms with Crippen LogP contribution >= 0.6 is 35.1 Å². The first kappa shape index (κ1) is 18.2. The summed E-state index contributed by atoms with van der Waals surface area (Å²) in [6.45, 7) is 3.33. The Morgan fingerprint density at radius 1 is 1.24 bits per heavy atom. The number of thioether (sulfide) groups is 2. The number of benzene rings is 1. The van der Waals surface area contributed by atoms with Gasteiger partial charge in [0.25, 0.3) is 0 Å². The zero-order valence-corrected chi connectivity index (χ0v) is 16.5. The molecule has 1 spiro atoms. The lowest BCUT2D eigenvalue weighted by Gasteiger charge is -2.39. The molecule has 0 amide bonds. The number of hydrogen-bond acceptors (Lipinski definition) is 8. The van der Waals surface area contributed by atoms with Gasteiger partial charge >= 0.3 is 5.97 Å². The number of Topliss-reactive ketones (excluding diaryl/α,β-unsaturated/α-hetero) is 1. The smallest absolute Gasteiger partial charge is 0.346 e. The molecule has 2 heterocycles. The van der Waals surface area contributed by atoms with Gasteiger partial charge in [0.05, 0.1) is 12.8 Å². The molecule has 0 fully saturated rings. The Hall–Kier alpha value is -1.64. The Morgan fingerprint density at radius 3 is 2.44 bits per heavy atom. The van der Waals surface area contributed by atoms with Gasteiger partial charge in [-0.05, 0) is 43.0 Å². The molecule has 9 heteroatoms. The molecule has 1 aromatic carbocycles. The van der Waals surface area contributed by atoms with Crippen LogP contribution in [0.3, 0.4) is 0 Å². The topological polar surface area (TPSA) is 62.2 Å². The molecule has 2 aliphatic heterocycles. The lowest BCUT2D eigenvalue weighted by molar-refractivity contribution is -0.135. The van der Waals surface area contributed by atoms with E-state index in [0.717, 1.165) is 11.4 Å². The molecule has 25 heavy (non-hydrogen) atoms. The first-order valence-electron chi connectivity index (χ1n) is 7.36. The molecule has 0 unspecified atom stereocenters. The molecule has 0 N–H and O–H groups in total. The van der Waals surface area contributed by atoms with Crippen LogP contribution in [-0.2, 0) is 14.3 Å². The molecule has 0 aliphatic carbocycles. The molecule has 1 aromatic rings. The molecule has 6 nitrogen and oxygen atoms in total. The van der Waals surface area contributed by atoms with Gasteiger partial charge in [0.1, 0.15) is 4.91 Å². The third-order valence-electron chi connectivity index (χ3n) is 3.92. The molecular formula is C16H16ClN3O3S2. The summed E-state index contributed by atoms with van der Waals surface area (Å²) in [5.41, 5.74) is 1.54. The highest BCUT2D eigenvalue weighted by molar-refractivity contribution is 8.28. The number of anilines is 1. The SMILES string of the molecule is COC(=O)C1=C(C)N(C)[C@@]2(SC(C(C)=O)=NN2c2ccc(Cl)cc2)S1. The largest absolute Gasteiger partial charge is 0.465 e. The van der Waals surface area contributed by atoms with Gasteiger partial charge in [0.2, 0.25) is 4.33 Å². The highest BCUT2D eigenvalue weighted by Crippen LogP contribution is 2.58. The molecule has 0 radical (unpaired) electrons. The van der Waals surface area contributed by atoms with E-state index in [1.54, 1.807) is 17.1 Å². The number of esters is 1. The van der Waals surface area contributed by atoms with E-state index in [4.69, 9.17) is 16.3 Å². The summed E-state index contributed by atoms with van der Waals surface area (Å²) in [5, 5.41) is 7.24. The number of ether oxygens (including phenoxy) is 1. The molecule has 0 aromatic heterocycles. The number of rotatable bonds is 3. The van der Waals surface area contributed by atoms with E-state index in [1.165, 1.54) is 37.6 Å². The van der Waals surface area contributed by atoms with Crippen molar-refractivity contribution in [3.05, 3.63) is 39.9 Å². The normalized spacial score (nSPS) is 22.7. The number of carbonyl (C=O) groups is 2. The number of hydrogen-bond donors (Lipinski definition) is 0. The van der Waals surface area contributed by atoms with Crippen molar-refractivity contribution in [3.8, 4) is 0 Å². The van der Waals surface area contributed by atoms with E-state index in [0.29, 0.717) is 15.0 Å². The molecule has 2 aliphatic rings. The van der Waals surface area contributed by atoms with Gasteiger partial charge in [-0.25, -0.2) is 9.80 Å². The Balaban J connectivity index is 2.07. The van der Waals surface area contributed by atoms with Crippen LogP contribution in [0.2, 0.25) is 5.02 Å². The van der Waals surface area contributed by atoms with Gasteiger partial charge < -0.3 is 9.64 Å². The fourth-order valence-corrected chi connectivity index (χ4v) is 5.51. The summed E-state index contributed by atoms with van der Waals surface area (Å²) in [6.07, 6.45) is 0. The van der Waals surface area contributed by atoms with Gasteiger partial charge in [0.15, 0.2) is 10.8 Å². The van der Waals surface area contributed by atoms with Crippen molar-refractivity contribution < 1.29 is 14.3 Å². The Labute approximate surface area is 159 Å². The Bertz CT molecular complexity index is 809. The number of hydrazone groups is 1. The van der Waals surface area contributed by atoms with Crippen molar-refractivity contribution in [1.82, 2.24) is 4.90 Å². The van der Waals surface area contributed by atoms with Crippen LogP contribution in [0, 0.1) is 0 Å². The quantitative estimate of drug-likeness (QED) is 0.723. The maximum absolute atomic E-state index is 12.1. The third-order valence-corrected chi connectivity index (χ3v) is 7.33. The minimum atomic E-state index is -0.803. The summed E-state index contributed by atoms with van der Waals surface area (Å²) in [6, 6.07) is 7.18. The average Bonchev–Trinajstić information content (AvgIpc) is 3.10. The van der Waals surface area contributed by atoms with Crippen molar-refractivity contribution in [3.63, 3.8) is 0 Å². The van der Waals surface area contributed by atoms with Crippen molar-refractivity contribution in [2.45, 2.75) is 18.2 Å². The zero-order chi connectivity index (χ0) is 18.4. The van der Waals surface area contributed by atoms with Crippen molar-refractivity contribution in [1.29, 1.82) is 0 Å². The van der Waals surface area contributed by atoms with Crippen LogP contribution in [0.15, 0.2) is 40.0 Å². The van der Waals surface area contributed by atoms with Crippen LogP contribution in [0.25, 0.3) is 0 Å². The second-order valence-corrected chi connectivity index (χ2v) is 8.50. The monoisotopic (exact) mass is 397 g/mol. The molecule has 1 atom stereocenters. The molecule has 3 rings (SSSR count). The number of carbonyl (C=O) groups excluding carboxylic acids is 2. The fraction of sp³-hybridized carbons (Fsp3) is 0.312. The summed E-state index contributed by atoms with van der Waals surface area (Å²) in [5.74, 6) is -0.529. The third kappa shape index (κ3) is 2.92. The number of ketones is 1. The maximum Gasteiger partial charge on any atom is 0.346 e. The van der Waals surface area contributed by atoms with E-state index in [-0.39, 0.29) is 5.78 Å². The van der Waals surface area contributed by atoms with E-state index in [9.17, 15) is 9.59 Å². The minimum absolute atomic E-state index is 0.126. The molecule has 0 saturated carbocycles. The molecule has 132 valence electrons. The van der Waals surface area contributed by atoms with Gasteiger partial charge in [-0.1, -0.05) is 23.4 Å². The van der Waals surface area contributed by atoms with Crippen LogP contribution in [0.1, 0.15) is 13.8 Å². The lowest BCUT2D eigenvalue weighted by atomic mass is 10.3. The predicted molar refractivity (Wildman–Crippen MR) is 102 cm³/mol.